The predicted octanol–water partition coefficient (Wildman–Crippen LogP) is 2.88. The first-order chi connectivity index (χ1) is 8.90. The van der Waals surface area contributed by atoms with Gasteiger partial charge in [-0.3, -0.25) is 0 Å². The molecule has 1 aromatic heterocycles. The van der Waals surface area contributed by atoms with E-state index < -0.39 is 10.0 Å². The molecule has 0 spiro atoms. The third-order valence-corrected chi connectivity index (χ3v) is 5.85. The molecule has 0 aliphatic carbocycles. The van der Waals surface area contributed by atoms with E-state index in [0.717, 1.165) is 8.66 Å². The first-order valence-electron chi connectivity index (χ1n) is 5.49. The summed E-state index contributed by atoms with van der Waals surface area (Å²) < 4.78 is 28.0. The number of hydrogen-bond acceptors (Lipinski definition) is 4. The van der Waals surface area contributed by atoms with Gasteiger partial charge in [-0.1, -0.05) is 6.07 Å². The first kappa shape index (κ1) is 14.5. The lowest BCUT2D eigenvalue weighted by molar-refractivity contribution is 0.581. The quantitative estimate of drug-likeness (QED) is 0.823. The highest BCUT2D eigenvalue weighted by Crippen LogP contribution is 2.23. The van der Waals surface area contributed by atoms with Gasteiger partial charge in [-0.25, -0.2) is 13.1 Å². The van der Waals surface area contributed by atoms with Crippen molar-refractivity contribution in [2.45, 2.75) is 18.4 Å². The van der Waals surface area contributed by atoms with E-state index in [1.54, 1.807) is 25.1 Å². The molecule has 0 atom stereocenters. The second-order valence-electron chi connectivity index (χ2n) is 4.00. The van der Waals surface area contributed by atoms with Crippen molar-refractivity contribution < 1.29 is 8.42 Å². The number of nitrogens with one attached hydrogen (secondary N) is 1. The van der Waals surface area contributed by atoms with Crippen molar-refractivity contribution in [3.05, 3.63) is 44.6 Å². The van der Waals surface area contributed by atoms with Crippen LogP contribution in [-0.4, -0.2) is 8.42 Å². The minimum Gasteiger partial charge on any atom is -0.398 e. The van der Waals surface area contributed by atoms with Crippen LogP contribution in [0.2, 0.25) is 0 Å². The van der Waals surface area contributed by atoms with Crippen molar-refractivity contribution in [3.63, 3.8) is 0 Å². The second kappa shape index (κ2) is 5.62. The van der Waals surface area contributed by atoms with E-state index in [4.69, 9.17) is 5.73 Å². The maximum Gasteiger partial charge on any atom is 0.241 e. The number of rotatable bonds is 4. The first-order valence-corrected chi connectivity index (χ1v) is 8.58. The predicted molar refractivity (Wildman–Crippen MR) is 81.6 cm³/mol. The third-order valence-electron chi connectivity index (χ3n) is 2.68. The van der Waals surface area contributed by atoms with Gasteiger partial charge in [0, 0.05) is 17.1 Å². The Morgan fingerprint density at radius 2 is 2.05 bits per heavy atom. The molecule has 0 aliphatic heterocycles. The van der Waals surface area contributed by atoms with Crippen molar-refractivity contribution >= 4 is 43.0 Å². The monoisotopic (exact) mass is 360 g/mol. The van der Waals surface area contributed by atoms with Crippen LogP contribution in [0.3, 0.4) is 0 Å². The van der Waals surface area contributed by atoms with Crippen molar-refractivity contribution in [1.82, 2.24) is 4.72 Å². The summed E-state index contributed by atoms with van der Waals surface area (Å²) >= 11 is 4.84. The number of hydrogen-bond donors (Lipinski definition) is 2. The maximum absolute atomic E-state index is 12.2. The third kappa shape index (κ3) is 3.36. The van der Waals surface area contributed by atoms with Crippen LogP contribution in [0.25, 0.3) is 0 Å². The number of thiophene rings is 1. The van der Waals surface area contributed by atoms with E-state index in [1.807, 2.05) is 12.1 Å². The molecule has 0 radical (unpaired) electrons. The summed E-state index contributed by atoms with van der Waals surface area (Å²) in [5, 5.41) is 0. The fourth-order valence-electron chi connectivity index (χ4n) is 1.61. The zero-order valence-corrected chi connectivity index (χ0v) is 13.4. The Bertz CT molecular complexity index is 696. The molecular weight excluding hydrogens is 348 g/mol. The van der Waals surface area contributed by atoms with E-state index in [2.05, 4.69) is 20.7 Å². The van der Waals surface area contributed by atoms with Crippen LogP contribution in [0.5, 0.6) is 0 Å². The lowest BCUT2D eigenvalue weighted by Crippen LogP contribution is -2.23. The van der Waals surface area contributed by atoms with E-state index in [0.29, 0.717) is 11.3 Å². The molecule has 2 rings (SSSR count). The van der Waals surface area contributed by atoms with Gasteiger partial charge < -0.3 is 5.73 Å². The number of halogens is 1. The van der Waals surface area contributed by atoms with Gasteiger partial charge in [0.05, 0.1) is 8.68 Å². The smallest absolute Gasteiger partial charge is 0.241 e. The summed E-state index contributed by atoms with van der Waals surface area (Å²) in [6, 6.07) is 8.64. The van der Waals surface area contributed by atoms with Crippen molar-refractivity contribution in [1.29, 1.82) is 0 Å². The summed E-state index contributed by atoms with van der Waals surface area (Å²) in [5.41, 5.74) is 6.78. The average molecular weight is 361 g/mol. The maximum atomic E-state index is 12.2. The molecule has 2 aromatic rings. The molecule has 0 amide bonds. The van der Waals surface area contributed by atoms with Gasteiger partial charge in [0.2, 0.25) is 10.0 Å². The van der Waals surface area contributed by atoms with Crippen molar-refractivity contribution in [2.24, 2.45) is 0 Å². The lowest BCUT2D eigenvalue weighted by atomic mass is 10.2. The van der Waals surface area contributed by atoms with Gasteiger partial charge in [0.15, 0.2) is 0 Å². The topological polar surface area (TPSA) is 72.2 Å². The normalized spacial score (nSPS) is 11.7. The molecular formula is C12H13BrN2O2S2. The molecule has 0 unspecified atom stereocenters. The Labute approximate surface area is 124 Å². The Morgan fingerprint density at radius 1 is 1.32 bits per heavy atom. The summed E-state index contributed by atoms with van der Waals surface area (Å²) in [6.07, 6.45) is 0. The highest BCUT2D eigenvalue weighted by Gasteiger charge is 2.17. The minimum atomic E-state index is -3.54. The Balaban J connectivity index is 2.21. The standard InChI is InChI=1S/C12H13BrN2O2S2/c1-8-10(14)3-2-4-11(8)19(16,17)15-7-9-5-6-12(13)18-9/h2-6,15H,7,14H2,1H3. The molecule has 0 saturated carbocycles. The summed E-state index contributed by atoms with van der Waals surface area (Å²) in [4.78, 5) is 1.17. The number of anilines is 1. The van der Waals surface area contributed by atoms with E-state index in [1.165, 1.54) is 11.3 Å². The van der Waals surface area contributed by atoms with Gasteiger partial charge >= 0.3 is 0 Å². The van der Waals surface area contributed by atoms with E-state index >= 15 is 0 Å². The number of sulfonamides is 1. The molecule has 19 heavy (non-hydrogen) atoms. The molecule has 4 nitrogen and oxygen atoms in total. The molecule has 1 heterocycles. The van der Waals surface area contributed by atoms with Gasteiger partial charge in [-0.2, -0.15) is 0 Å². The van der Waals surface area contributed by atoms with Crippen molar-refractivity contribution in [2.75, 3.05) is 5.73 Å². The molecule has 0 fully saturated rings. The van der Waals surface area contributed by atoms with Crippen LogP contribution in [-0.2, 0) is 16.6 Å². The molecule has 0 bridgehead atoms. The molecule has 0 saturated heterocycles. The van der Waals surface area contributed by atoms with Gasteiger partial charge in [0.1, 0.15) is 0 Å². The van der Waals surface area contributed by atoms with Gasteiger partial charge in [-0.15, -0.1) is 11.3 Å². The summed E-state index contributed by atoms with van der Waals surface area (Å²) in [7, 11) is -3.54. The molecule has 1 aromatic carbocycles. The Morgan fingerprint density at radius 3 is 2.68 bits per heavy atom. The highest BCUT2D eigenvalue weighted by molar-refractivity contribution is 9.11. The summed E-state index contributed by atoms with van der Waals surface area (Å²) in [5.74, 6) is 0. The fraction of sp³-hybridized carbons (Fsp3) is 0.167. The molecule has 3 N–H and O–H groups in total. The molecule has 0 aliphatic rings. The zero-order chi connectivity index (χ0) is 14.0. The Hall–Kier alpha value is -0.890. The van der Waals surface area contributed by atoms with Crippen LogP contribution in [0.4, 0.5) is 5.69 Å². The largest absolute Gasteiger partial charge is 0.398 e. The van der Waals surface area contributed by atoms with Crippen LogP contribution >= 0.6 is 27.3 Å². The van der Waals surface area contributed by atoms with Crippen molar-refractivity contribution in [3.8, 4) is 0 Å². The van der Waals surface area contributed by atoms with Crippen LogP contribution in [0.15, 0.2) is 39.0 Å². The average Bonchev–Trinajstić information content (AvgIpc) is 2.76. The van der Waals surface area contributed by atoms with Crippen LogP contribution in [0.1, 0.15) is 10.4 Å². The number of nitrogen functional groups attached to an aromatic ring is 1. The fourth-order valence-corrected chi connectivity index (χ4v) is 4.41. The zero-order valence-electron chi connectivity index (χ0n) is 10.2. The molecule has 7 heteroatoms. The van der Waals surface area contributed by atoms with Gasteiger partial charge in [-0.05, 0) is 52.7 Å². The highest BCUT2D eigenvalue weighted by atomic mass is 79.9. The van der Waals surface area contributed by atoms with E-state index in [9.17, 15) is 8.42 Å². The SMILES string of the molecule is Cc1c(N)cccc1S(=O)(=O)NCc1ccc(Br)s1. The second-order valence-corrected chi connectivity index (χ2v) is 8.28. The van der Waals surface area contributed by atoms with Crippen LogP contribution in [0, 0.1) is 6.92 Å². The number of benzene rings is 1. The Kier molecular flexibility index (Phi) is 4.29. The lowest BCUT2D eigenvalue weighted by Gasteiger charge is -2.10. The van der Waals surface area contributed by atoms with E-state index in [-0.39, 0.29) is 11.4 Å². The summed E-state index contributed by atoms with van der Waals surface area (Å²) in [6.45, 7) is 1.97. The minimum absolute atomic E-state index is 0.225. The molecule has 102 valence electrons. The van der Waals surface area contributed by atoms with Crippen LogP contribution < -0.4 is 10.5 Å². The number of nitrogens with two attached hydrogens (primary N) is 1. The van der Waals surface area contributed by atoms with Gasteiger partial charge in [0.25, 0.3) is 0 Å².